The van der Waals surface area contributed by atoms with Crippen LogP contribution < -0.4 is 26.0 Å². The minimum Gasteiger partial charge on any atom is -0.490 e. The first-order valence-corrected chi connectivity index (χ1v) is 25.1. The first-order chi connectivity index (χ1) is 34.5. The van der Waals surface area contributed by atoms with E-state index in [4.69, 9.17) is 21.4 Å². The van der Waals surface area contributed by atoms with Gasteiger partial charge in [0.05, 0.1) is 31.5 Å². The molecule has 2 aromatic carbocycles. The summed E-state index contributed by atoms with van der Waals surface area (Å²) in [5.74, 6) is 0.605. The van der Waals surface area contributed by atoms with Crippen LogP contribution in [0.15, 0.2) is 60.9 Å². The maximum atomic E-state index is 13.9. The lowest BCUT2D eigenvalue weighted by atomic mass is 9.79. The highest BCUT2D eigenvalue weighted by molar-refractivity contribution is 6.31. The lowest BCUT2D eigenvalue weighted by Crippen LogP contribution is -2.60. The number of aliphatic hydroxyl groups excluding tert-OH is 10. The van der Waals surface area contributed by atoms with Gasteiger partial charge in [0.1, 0.15) is 48.5 Å². The van der Waals surface area contributed by atoms with Crippen LogP contribution in [0.3, 0.4) is 0 Å². The minimum absolute atomic E-state index is 0.00970. The fraction of sp³-hybridized carbons (Fsp3) is 0.600. The highest BCUT2D eigenvalue weighted by Crippen LogP contribution is 2.55. The third-order valence-corrected chi connectivity index (χ3v) is 14.3. The van der Waals surface area contributed by atoms with E-state index >= 15 is 0 Å². The second kappa shape index (κ2) is 26.5. The molecule has 1 aromatic heterocycles. The fourth-order valence-electron chi connectivity index (χ4n) is 9.10. The Bertz CT molecular complexity index is 2230. The van der Waals surface area contributed by atoms with Crippen molar-refractivity contribution >= 4 is 29.6 Å². The molecule has 21 nitrogen and oxygen atoms in total. The molecule has 10 atom stereocenters. The van der Waals surface area contributed by atoms with E-state index in [0.717, 1.165) is 29.5 Å². The summed E-state index contributed by atoms with van der Waals surface area (Å²) in [7, 11) is 0. The highest BCUT2D eigenvalue weighted by Gasteiger charge is 2.57. The standard InChI is InChI=1S/C50H72ClN7O14/c1-29(5-4-8-41(64)53-17-18-57-19-21-58(22-20-57)49(71)55-26-37(61)42(65)43(66)38(62)27-59)30-9-12-36(51)31(23-30)24-54-48(70)56-47(46(69)45(68)44(67)39(63)28-60)50(14-15-50)35-25-52-16-13-33(35)34-6-2-3-7-40(34)72-32-10-11-32/h2-3,6-7,9,12-13,16,23,25,29,32,37-39,42-47,59-63,65-69H,4-5,8,10-11,14-15,17-22,24,26-28H2,1H3,(H,53,64)(H,55,71)(H2,54,56,70)/t29?,37-,38+,39+,42+,43+,44+,45-,46+,47?/m0/s1. The first kappa shape index (κ1) is 56.5. The molecule has 1 saturated heterocycles. The van der Waals surface area contributed by atoms with E-state index in [2.05, 4.69) is 31.2 Å². The van der Waals surface area contributed by atoms with Gasteiger partial charge in [-0.3, -0.25) is 14.7 Å². The summed E-state index contributed by atoms with van der Waals surface area (Å²) in [6, 6.07) is 12.5. The molecular weight excluding hydrogens is 958 g/mol. The zero-order valence-corrected chi connectivity index (χ0v) is 41.2. The second-order valence-electron chi connectivity index (χ2n) is 19.2. The monoisotopic (exact) mass is 1030 g/mol. The predicted octanol–water partition coefficient (Wildman–Crippen LogP) is -0.568. The van der Waals surface area contributed by atoms with Crippen molar-refractivity contribution < 1.29 is 70.2 Å². The van der Waals surface area contributed by atoms with Crippen molar-refractivity contribution in [3.05, 3.63) is 82.6 Å². The van der Waals surface area contributed by atoms with E-state index < -0.39 is 85.6 Å². The molecule has 0 radical (unpaired) electrons. The van der Waals surface area contributed by atoms with Crippen molar-refractivity contribution in [2.75, 3.05) is 59.0 Å². The average Bonchev–Trinajstić information content (AvgIpc) is 4.35. The number of nitrogens with one attached hydrogen (secondary N) is 4. The number of rotatable bonds is 27. The molecule has 6 rings (SSSR count). The molecule has 0 spiro atoms. The molecule has 398 valence electrons. The van der Waals surface area contributed by atoms with Crippen LogP contribution in [0.2, 0.25) is 5.02 Å². The Morgan fingerprint density at radius 2 is 1.47 bits per heavy atom. The number of pyridine rings is 1. The van der Waals surface area contributed by atoms with Crippen molar-refractivity contribution in [1.82, 2.24) is 36.1 Å². The van der Waals surface area contributed by atoms with E-state index in [1.807, 2.05) is 49.4 Å². The van der Waals surface area contributed by atoms with Gasteiger partial charge in [-0.05, 0) is 84.9 Å². The Kier molecular flexibility index (Phi) is 20.8. The van der Waals surface area contributed by atoms with Crippen LogP contribution in [0.1, 0.15) is 74.5 Å². The molecule has 14 N–H and O–H groups in total. The number of aliphatic hydroxyl groups is 10. The van der Waals surface area contributed by atoms with Crippen LogP contribution in [0.5, 0.6) is 5.75 Å². The van der Waals surface area contributed by atoms with E-state index in [9.17, 15) is 60.3 Å². The molecule has 0 bridgehead atoms. The summed E-state index contributed by atoms with van der Waals surface area (Å²) in [5.41, 5.74) is 2.82. The Labute approximate surface area is 423 Å². The van der Waals surface area contributed by atoms with E-state index in [1.54, 1.807) is 23.4 Å². The van der Waals surface area contributed by atoms with Crippen LogP contribution in [-0.4, -0.2) is 204 Å². The van der Waals surface area contributed by atoms with Crippen molar-refractivity contribution in [3.8, 4) is 16.9 Å². The van der Waals surface area contributed by atoms with Crippen LogP contribution in [0.4, 0.5) is 9.59 Å². The van der Waals surface area contributed by atoms with Crippen LogP contribution in [-0.2, 0) is 16.8 Å². The number of halogens is 1. The van der Waals surface area contributed by atoms with Crippen LogP contribution in [0.25, 0.3) is 11.1 Å². The first-order valence-electron chi connectivity index (χ1n) is 24.7. The molecule has 2 unspecified atom stereocenters. The smallest absolute Gasteiger partial charge is 0.317 e. The zero-order chi connectivity index (χ0) is 52.1. The quantitative estimate of drug-likeness (QED) is 0.0455. The van der Waals surface area contributed by atoms with Gasteiger partial charge in [0.15, 0.2) is 0 Å². The number of piperazine rings is 1. The van der Waals surface area contributed by atoms with Gasteiger partial charge in [-0.25, -0.2) is 9.59 Å². The third-order valence-electron chi connectivity index (χ3n) is 14.0. The van der Waals surface area contributed by atoms with Crippen LogP contribution in [0, 0.1) is 0 Å². The fourth-order valence-corrected chi connectivity index (χ4v) is 9.28. The summed E-state index contributed by atoms with van der Waals surface area (Å²) >= 11 is 6.63. The maximum Gasteiger partial charge on any atom is 0.317 e. The molecule has 3 aliphatic rings. The largest absolute Gasteiger partial charge is 0.490 e. The van der Waals surface area contributed by atoms with Gasteiger partial charge in [-0.2, -0.15) is 0 Å². The van der Waals surface area contributed by atoms with Crippen molar-refractivity contribution in [2.24, 2.45) is 0 Å². The lowest BCUT2D eigenvalue weighted by molar-refractivity contribution is -0.123. The SMILES string of the molecule is CC(CCCC(=O)NCCN1CCN(C(=O)NC[C@H](O)[C@@H](O)[C@H](O)[C@H](O)CO)CC1)c1ccc(Cl)c(CNC(=O)NC([C@H](O)[C@@H](O)[C@H](O)[C@H](O)CO)C2(c3cnccc3-c3ccccc3OC3CC3)CC2)c1. The number of benzene rings is 2. The topological polar surface area (TPSA) is 330 Å². The van der Waals surface area contributed by atoms with Crippen molar-refractivity contribution in [3.63, 3.8) is 0 Å². The number of hydrogen-bond donors (Lipinski definition) is 14. The van der Waals surface area contributed by atoms with E-state index in [1.165, 1.54) is 0 Å². The van der Waals surface area contributed by atoms with E-state index in [0.29, 0.717) is 93.3 Å². The number of urea groups is 2. The van der Waals surface area contributed by atoms with Gasteiger partial charge in [0.25, 0.3) is 0 Å². The van der Waals surface area contributed by atoms with Gasteiger partial charge in [-0.1, -0.05) is 48.9 Å². The Morgan fingerprint density at radius 3 is 2.14 bits per heavy atom. The van der Waals surface area contributed by atoms with Crippen molar-refractivity contribution in [1.29, 1.82) is 0 Å². The van der Waals surface area contributed by atoms with Gasteiger partial charge in [0, 0.05) is 87.2 Å². The summed E-state index contributed by atoms with van der Waals surface area (Å²) in [6.07, 6.45) is -6.39. The Balaban J connectivity index is 0.977. The van der Waals surface area contributed by atoms with Gasteiger partial charge >= 0.3 is 12.1 Å². The lowest BCUT2D eigenvalue weighted by Gasteiger charge is -2.37. The second-order valence-corrected chi connectivity index (χ2v) is 19.6. The molecule has 2 saturated carbocycles. The molecule has 3 fully saturated rings. The summed E-state index contributed by atoms with van der Waals surface area (Å²) in [4.78, 5) is 47.3. The molecule has 2 aliphatic carbocycles. The number of aromatic nitrogens is 1. The Morgan fingerprint density at radius 1 is 0.806 bits per heavy atom. The summed E-state index contributed by atoms with van der Waals surface area (Å²) in [6.45, 7) is 2.83. The third kappa shape index (κ3) is 14.9. The van der Waals surface area contributed by atoms with Gasteiger partial charge < -0.3 is 82.0 Å². The normalized spacial score (nSPS) is 19.9. The van der Waals surface area contributed by atoms with E-state index in [-0.39, 0.29) is 31.0 Å². The number of ether oxygens (including phenoxy) is 1. The Hall–Kier alpha value is -4.75. The highest BCUT2D eigenvalue weighted by atomic mass is 35.5. The number of nitrogens with zero attached hydrogens (tertiary/aromatic N) is 3. The number of hydrogen-bond acceptors (Lipinski definition) is 16. The molecule has 2 heterocycles. The molecular formula is C50H72ClN7O14. The van der Waals surface area contributed by atoms with Crippen molar-refractivity contribution in [2.45, 2.75) is 131 Å². The molecule has 1 aliphatic heterocycles. The zero-order valence-electron chi connectivity index (χ0n) is 40.5. The van der Waals surface area contributed by atoms with Gasteiger partial charge in [-0.15, -0.1) is 0 Å². The van der Waals surface area contributed by atoms with Crippen LogP contribution >= 0.6 is 11.6 Å². The molecule has 72 heavy (non-hydrogen) atoms. The maximum absolute atomic E-state index is 13.9. The number of amides is 5. The molecule has 3 aromatic rings. The molecule has 5 amide bonds. The number of carbonyl (C=O) groups excluding carboxylic acids is 3. The summed E-state index contributed by atoms with van der Waals surface area (Å²) in [5, 5.41) is 113. The number of para-hydroxylation sites is 1. The minimum atomic E-state index is -1.96. The van der Waals surface area contributed by atoms with Gasteiger partial charge in [0.2, 0.25) is 5.91 Å². The molecule has 22 heteroatoms. The predicted molar refractivity (Wildman–Crippen MR) is 264 cm³/mol. The number of carbonyl (C=O) groups is 3. The summed E-state index contributed by atoms with van der Waals surface area (Å²) < 4.78 is 6.24. The average molecular weight is 1030 g/mol.